The molecule has 0 bridgehead atoms. The second-order valence-electron chi connectivity index (χ2n) is 7.81. The molecule has 0 saturated carbocycles. The number of hydrogen-bond acceptors (Lipinski definition) is 6. The fourth-order valence-corrected chi connectivity index (χ4v) is 3.67. The summed E-state index contributed by atoms with van der Waals surface area (Å²) in [6, 6.07) is 1.15. The Hall–Kier alpha value is -1.76. The average molecular weight is 415 g/mol. The third-order valence-electron chi connectivity index (χ3n) is 3.95. The molecule has 0 radical (unpaired) electrons. The van der Waals surface area contributed by atoms with Crippen molar-refractivity contribution in [2.45, 2.75) is 72.6 Å². The van der Waals surface area contributed by atoms with Gasteiger partial charge in [0.2, 0.25) is 0 Å². The van der Waals surface area contributed by atoms with E-state index >= 15 is 0 Å². The van der Waals surface area contributed by atoms with Crippen LogP contribution in [0, 0.1) is 11.8 Å². The Balaban J connectivity index is 0. The van der Waals surface area contributed by atoms with Gasteiger partial charge in [0, 0.05) is 8.07 Å². The SMILES string of the molecule is C=CCC(C(C)=O)C(=O)OCC.CCOC(=O)C(CCC[Si](C)(C)C)C(C)=O. The van der Waals surface area contributed by atoms with Gasteiger partial charge in [0.25, 0.3) is 0 Å². The van der Waals surface area contributed by atoms with Crippen LogP contribution in [0.25, 0.3) is 0 Å². The van der Waals surface area contributed by atoms with E-state index in [0.29, 0.717) is 26.1 Å². The van der Waals surface area contributed by atoms with E-state index in [1.807, 2.05) is 0 Å². The number of hydrogen-bond donors (Lipinski definition) is 0. The molecule has 0 aromatic rings. The lowest BCUT2D eigenvalue weighted by atomic mass is 10.00. The summed E-state index contributed by atoms with van der Waals surface area (Å²) in [5.74, 6) is -2.27. The van der Waals surface area contributed by atoms with Gasteiger partial charge in [0.15, 0.2) is 0 Å². The lowest BCUT2D eigenvalue weighted by Gasteiger charge is -2.17. The van der Waals surface area contributed by atoms with Gasteiger partial charge in [0.05, 0.1) is 13.2 Å². The molecule has 0 aromatic carbocycles. The quantitative estimate of drug-likeness (QED) is 0.206. The van der Waals surface area contributed by atoms with Crippen LogP contribution < -0.4 is 0 Å². The molecule has 28 heavy (non-hydrogen) atoms. The van der Waals surface area contributed by atoms with Crippen LogP contribution in [0.2, 0.25) is 25.7 Å². The molecule has 2 atom stereocenters. The van der Waals surface area contributed by atoms with Crippen LogP contribution in [0.3, 0.4) is 0 Å². The van der Waals surface area contributed by atoms with Crippen molar-refractivity contribution in [3.05, 3.63) is 12.7 Å². The van der Waals surface area contributed by atoms with Gasteiger partial charge in [-0.25, -0.2) is 0 Å². The van der Waals surface area contributed by atoms with Gasteiger partial charge in [-0.3, -0.25) is 19.2 Å². The molecule has 7 heteroatoms. The summed E-state index contributed by atoms with van der Waals surface area (Å²) in [6.45, 7) is 17.3. The van der Waals surface area contributed by atoms with Crippen LogP contribution in [0.15, 0.2) is 12.7 Å². The third kappa shape index (κ3) is 14.3. The summed E-state index contributed by atoms with van der Waals surface area (Å²) >= 11 is 0. The molecule has 6 nitrogen and oxygen atoms in total. The molecule has 0 spiro atoms. The number of ketones is 2. The number of carbonyl (C=O) groups is 4. The van der Waals surface area contributed by atoms with E-state index in [1.165, 1.54) is 13.8 Å². The van der Waals surface area contributed by atoms with E-state index in [0.717, 1.165) is 12.5 Å². The van der Waals surface area contributed by atoms with E-state index in [9.17, 15) is 19.2 Å². The van der Waals surface area contributed by atoms with E-state index < -0.39 is 25.9 Å². The molecule has 0 aliphatic rings. The predicted molar refractivity (Wildman–Crippen MR) is 114 cm³/mol. The highest BCUT2D eigenvalue weighted by atomic mass is 28.3. The van der Waals surface area contributed by atoms with Crippen LogP contribution in [0.5, 0.6) is 0 Å². The number of Topliss-reactive ketones (excluding diaryl/α,β-unsaturated/α-hetero) is 2. The smallest absolute Gasteiger partial charge is 0.316 e. The molecule has 0 rings (SSSR count). The van der Waals surface area contributed by atoms with Crippen LogP contribution in [-0.2, 0) is 28.7 Å². The van der Waals surface area contributed by atoms with Crippen LogP contribution in [-0.4, -0.2) is 44.8 Å². The van der Waals surface area contributed by atoms with Crippen molar-refractivity contribution in [2.75, 3.05) is 13.2 Å². The minimum Gasteiger partial charge on any atom is -0.465 e. The van der Waals surface area contributed by atoms with Crippen molar-refractivity contribution < 1.29 is 28.7 Å². The molecule has 0 aliphatic carbocycles. The summed E-state index contributed by atoms with van der Waals surface area (Å²) in [4.78, 5) is 44.8. The fourth-order valence-electron chi connectivity index (χ4n) is 2.40. The first-order chi connectivity index (χ1) is 12.9. The normalized spacial score (nSPS) is 12.7. The van der Waals surface area contributed by atoms with E-state index in [-0.39, 0.29) is 17.5 Å². The third-order valence-corrected chi connectivity index (χ3v) is 5.80. The summed E-state index contributed by atoms with van der Waals surface area (Å²) in [5, 5.41) is 0. The van der Waals surface area contributed by atoms with Gasteiger partial charge in [-0.05, 0) is 40.5 Å². The van der Waals surface area contributed by atoms with Gasteiger partial charge < -0.3 is 9.47 Å². The first-order valence-corrected chi connectivity index (χ1v) is 13.6. The van der Waals surface area contributed by atoms with Crippen LogP contribution in [0.1, 0.15) is 47.0 Å². The lowest BCUT2D eigenvalue weighted by molar-refractivity contribution is -0.152. The summed E-state index contributed by atoms with van der Waals surface area (Å²) in [7, 11) is -1.08. The van der Waals surface area contributed by atoms with Crippen LogP contribution in [0.4, 0.5) is 0 Å². The molecule has 0 N–H and O–H groups in total. The maximum absolute atomic E-state index is 11.5. The van der Waals surface area contributed by atoms with E-state index in [2.05, 4.69) is 26.2 Å². The first kappa shape index (κ1) is 28.4. The minimum atomic E-state index is -1.08. The minimum absolute atomic E-state index is 0.0750. The number of carbonyl (C=O) groups excluding carboxylic acids is 4. The largest absolute Gasteiger partial charge is 0.465 e. The maximum atomic E-state index is 11.5. The molecule has 0 saturated heterocycles. The Morgan fingerprint density at radius 2 is 1.32 bits per heavy atom. The maximum Gasteiger partial charge on any atom is 0.316 e. The van der Waals surface area contributed by atoms with Gasteiger partial charge in [0.1, 0.15) is 23.4 Å². The Morgan fingerprint density at radius 1 is 0.893 bits per heavy atom. The van der Waals surface area contributed by atoms with Gasteiger partial charge in [-0.15, -0.1) is 6.58 Å². The Labute approximate surface area is 171 Å². The van der Waals surface area contributed by atoms with Gasteiger partial charge in [-0.1, -0.05) is 38.2 Å². The van der Waals surface area contributed by atoms with Crippen molar-refractivity contribution in [3.63, 3.8) is 0 Å². The zero-order valence-electron chi connectivity index (χ0n) is 18.6. The molecule has 0 amide bonds. The van der Waals surface area contributed by atoms with Gasteiger partial charge in [-0.2, -0.15) is 0 Å². The van der Waals surface area contributed by atoms with E-state index in [1.54, 1.807) is 19.9 Å². The van der Waals surface area contributed by atoms with E-state index in [4.69, 9.17) is 9.47 Å². The van der Waals surface area contributed by atoms with Crippen molar-refractivity contribution in [3.8, 4) is 0 Å². The molecule has 0 fully saturated rings. The Bertz CT molecular complexity index is 521. The summed E-state index contributed by atoms with van der Waals surface area (Å²) in [5.41, 5.74) is 0. The number of esters is 2. The van der Waals surface area contributed by atoms with Gasteiger partial charge >= 0.3 is 11.9 Å². The molecule has 0 aliphatic heterocycles. The Kier molecular flexibility index (Phi) is 15.4. The number of ether oxygens (including phenoxy) is 2. The highest BCUT2D eigenvalue weighted by Gasteiger charge is 2.25. The zero-order chi connectivity index (χ0) is 22.3. The second kappa shape index (κ2) is 15.2. The molecule has 0 heterocycles. The van der Waals surface area contributed by atoms with Crippen molar-refractivity contribution in [1.29, 1.82) is 0 Å². The van der Waals surface area contributed by atoms with Crippen molar-refractivity contribution in [2.24, 2.45) is 11.8 Å². The molecule has 162 valence electrons. The highest BCUT2D eigenvalue weighted by Crippen LogP contribution is 2.18. The topological polar surface area (TPSA) is 86.7 Å². The predicted octanol–water partition coefficient (Wildman–Crippen LogP) is 4.20. The molecular formula is C21H38O6Si. The summed E-state index contributed by atoms with van der Waals surface area (Å²) in [6.07, 6.45) is 3.48. The Morgan fingerprint density at radius 3 is 1.64 bits per heavy atom. The average Bonchev–Trinajstić information content (AvgIpc) is 2.55. The lowest BCUT2D eigenvalue weighted by Crippen LogP contribution is -2.26. The van der Waals surface area contributed by atoms with Crippen LogP contribution >= 0.6 is 0 Å². The molecular weight excluding hydrogens is 376 g/mol. The zero-order valence-corrected chi connectivity index (χ0v) is 19.6. The van der Waals surface area contributed by atoms with Crippen molar-refractivity contribution >= 4 is 31.6 Å². The fraction of sp³-hybridized carbons (Fsp3) is 0.714. The standard InChI is InChI=1S/C12H24O3Si.C9H14O3/c1-6-15-12(14)11(10(2)13)8-7-9-16(3,4)5;1-4-6-8(7(3)10)9(11)12-5-2/h11H,6-9H2,1-5H3;4,8H,1,5-6H2,2-3H3. The molecule has 0 aromatic heterocycles. The second-order valence-corrected chi connectivity index (χ2v) is 13.4. The van der Waals surface area contributed by atoms with Crippen molar-refractivity contribution in [1.82, 2.24) is 0 Å². The molecule has 2 unspecified atom stereocenters. The summed E-state index contributed by atoms with van der Waals surface area (Å²) < 4.78 is 9.61. The number of rotatable bonds is 12. The highest BCUT2D eigenvalue weighted by molar-refractivity contribution is 6.76. The first-order valence-electron chi connectivity index (χ1n) is 9.86. The monoisotopic (exact) mass is 414 g/mol. The number of allylic oxidation sites excluding steroid dienone is 1.